The summed E-state index contributed by atoms with van der Waals surface area (Å²) in [5.74, 6) is 1.35. The third kappa shape index (κ3) is 5.35. The molecular weight excluding hydrogens is 466 g/mol. The molecule has 0 saturated heterocycles. The molecule has 1 amide bonds. The van der Waals surface area contributed by atoms with Crippen molar-refractivity contribution >= 4 is 34.3 Å². The highest BCUT2D eigenvalue weighted by Crippen LogP contribution is 2.32. The number of amides is 1. The van der Waals surface area contributed by atoms with Crippen LogP contribution in [0.3, 0.4) is 0 Å². The van der Waals surface area contributed by atoms with E-state index in [1.165, 1.54) is 30.5 Å². The molecule has 0 bridgehead atoms. The highest BCUT2D eigenvalue weighted by Gasteiger charge is 2.23. The number of hydrogen-bond donors (Lipinski definition) is 1. The summed E-state index contributed by atoms with van der Waals surface area (Å²) in [5.41, 5.74) is 2.03. The molecular formula is C26H27N3O5S. The Bertz CT molecular complexity index is 1380. The van der Waals surface area contributed by atoms with Crippen molar-refractivity contribution in [1.29, 1.82) is 0 Å². The standard InChI is InChI=1S/C26H27N3O5S/c1-5-23(24(30)27-17-10-8-16(2)9-11-17)35-26-28-20-14-22(33-4)21(32-3)13-19(20)25(31)29(26)15-18-7-6-12-34-18/h6-14,23H,5,15H2,1-4H3,(H,27,30)/t23-/m0/s1. The van der Waals surface area contributed by atoms with Crippen LogP contribution in [0.2, 0.25) is 0 Å². The number of benzene rings is 2. The Kier molecular flexibility index (Phi) is 7.45. The summed E-state index contributed by atoms with van der Waals surface area (Å²) in [5, 5.41) is 3.29. The molecule has 2 aromatic heterocycles. The van der Waals surface area contributed by atoms with E-state index in [0.717, 1.165) is 11.3 Å². The number of thioether (sulfide) groups is 1. The summed E-state index contributed by atoms with van der Waals surface area (Å²) in [6.45, 7) is 4.10. The van der Waals surface area contributed by atoms with Crippen molar-refractivity contribution in [2.75, 3.05) is 19.5 Å². The molecule has 0 radical (unpaired) electrons. The van der Waals surface area contributed by atoms with Gasteiger partial charge in [0.25, 0.3) is 5.56 Å². The minimum absolute atomic E-state index is 0.160. The van der Waals surface area contributed by atoms with Crippen LogP contribution in [0.1, 0.15) is 24.7 Å². The fourth-order valence-electron chi connectivity index (χ4n) is 3.62. The van der Waals surface area contributed by atoms with Crippen molar-refractivity contribution in [3.05, 3.63) is 76.5 Å². The molecule has 9 heteroatoms. The van der Waals surface area contributed by atoms with Crippen LogP contribution in [-0.2, 0) is 11.3 Å². The molecule has 35 heavy (non-hydrogen) atoms. The number of rotatable bonds is 9. The molecule has 0 saturated carbocycles. The van der Waals surface area contributed by atoms with Crippen LogP contribution in [0.25, 0.3) is 10.9 Å². The molecule has 182 valence electrons. The minimum atomic E-state index is -0.469. The lowest BCUT2D eigenvalue weighted by Gasteiger charge is -2.18. The highest BCUT2D eigenvalue weighted by atomic mass is 32.2. The second-order valence-corrected chi connectivity index (χ2v) is 9.13. The van der Waals surface area contributed by atoms with E-state index in [9.17, 15) is 9.59 Å². The number of aromatic nitrogens is 2. The van der Waals surface area contributed by atoms with Gasteiger partial charge in [-0.25, -0.2) is 4.98 Å². The fraction of sp³-hybridized carbons (Fsp3) is 0.269. The van der Waals surface area contributed by atoms with E-state index < -0.39 is 5.25 Å². The van der Waals surface area contributed by atoms with Gasteiger partial charge in [-0.3, -0.25) is 14.2 Å². The molecule has 0 fully saturated rings. The first-order chi connectivity index (χ1) is 16.9. The van der Waals surface area contributed by atoms with E-state index in [1.54, 1.807) is 30.5 Å². The third-order valence-corrected chi connectivity index (χ3v) is 6.90. The number of anilines is 1. The van der Waals surface area contributed by atoms with Crippen LogP contribution in [0.5, 0.6) is 11.5 Å². The van der Waals surface area contributed by atoms with Gasteiger partial charge in [0.05, 0.1) is 43.2 Å². The molecule has 8 nitrogen and oxygen atoms in total. The van der Waals surface area contributed by atoms with Gasteiger partial charge >= 0.3 is 0 Å². The van der Waals surface area contributed by atoms with Gasteiger partial charge in [-0.2, -0.15) is 0 Å². The maximum absolute atomic E-state index is 13.6. The van der Waals surface area contributed by atoms with Crippen LogP contribution in [0.4, 0.5) is 5.69 Å². The molecule has 0 aliphatic rings. The van der Waals surface area contributed by atoms with E-state index in [-0.39, 0.29) is 18.0 Å². The summed E-state index contributed by atoms with van der Waals surface area (Å²) < 4.78 is 17.8. The van der Waals surface area contributed by atoms with Crippen molar-refractivity contribution < 1.29 is 18.7 Å². The largest absolute Gasteiger partial charge is 0.493 e. The number of aryl methyl sites for hydroxylation is 1. The van der Waals surface area contributed by atoms with Crippen molar-refractivity contribution in [2.24, 2.45) is 0 Å². The molecule has 0 unspecified atom stereocenters. The Hall–Kier alpha value is -3.72. The van der Waals surface area contributed by atoms with Gasteiger partial charge in [0.2, 0.25) is 5.91 Å². The van der Waals surface area contributed by atoms with Gasteiger partial charge in [-0.1, -0.05) is 36.4 Å². The number of hydrogen-bond acceptors (Lipinski definition) is 7. The molecule has 4 rings (SSSR count). The number of fused-ring (bicyclic) bond motifs is 1. The monoisotopic (exact) mass is 493 g/mol. The normalized spacial score (nSPS) is 11.9. The number of ether oxygens (including phenoxy) is 2. The zero-order valence-electron chi connectivity index (χ0n) is 20.0. The van der Waals surface area contributed by atoms with Gasteiger partial charge in [-0.15, -0.1) is 0 Å². The van der Waals surface area contributed by atoms with E-state index >= 15 is 0 Å². The maximum Gasteiger partial charge on any atom is 0.262 e. The SMILES string of the molecule is CC[C@H](Sc1nc2cc(OC)c(OC)cc2c(=O)n1Cc1ccco1)C(=O)Nc1ccc(C)cc1. The summed E-state index contributed by atoms with van der Waals surface area (Å²) in [7, 11) is 3.04. The summed E-state index contributed by atoms with van der Waals surface area (Å²) in [4.78, 5) is 31.4. The second-order valence-electron chi connectivity index (χ2n) is 7.96. The van der Waals surface area contributed by atoms with Crippen molar-refractivity contribution in [3.63, 3.8) is 0 Å². The van der Waals surface area contributed by atoms with Crippen LogP contribution in [0, 0.1) is 6.92 Å². The van der Waals surface area contributed by atoms with E-state index in [4.69, 9.17) is 18.9 Å². The lowest BCUT2D eigenvalue weighted by atomic mass is 10.2. The number of carbonyl (C=O) groups is 1. The molecule has 2 aromatic carbocycles. The number of methoxy groups -OCH3 is 2. The molecule has 0 spiro atoms. The molecule has 0 aliphatic heterocycles. The summed E-state index contributed by atoms with van der Waals surface area (Å²) >= 11 is 1.25. The Morgan fingerprint density at radius 1 is 1.14 bits per heavy atom. The fourth-order valence-corrected chi connectivity index (χ4v) is 4.64. The lowest BCUT2D eigenvalue weighted by molar-refractivity contribution is -0.115. The number of furan rings is 1. The van der Waals surface area contributed by atoms with Gasteiger partial charge in [0.1, 0.15) is 5.76 Å². The molecule has 0 aliphatic carbocycles. The Balaban J connectivity index is 1.75. The van der Waals surface area contributed by atoms with Crippen LogP contribution >= 0.6 is 11.8 Å². The average Bonchev–Trinajstić information content (AvgIpc) is 3.38. The average molecular weight is 494 g/mol. The topological polar surface area (TPSA) is 95.6 Å². The van der Waals surface area contributed by atoms with Gasteiger partial charge in [-0.05, 0) is 43.7 Å². The molecule has 1 N–H and O–H groups in total. The van der Waals surface area contributed by atoms with Gasteiger partial charge in [0.15, 0.2) is 16.7 Å². The van der Waals surface area contributed by atoms with Crippen LogP contribution in [-0.4, -0.2) is 34.9 Å². The van der Waals surface area contributed by atoms with Crippen molar-refractivity contribution in [1.82, 2.24) is 9.55 Å². The zero-order valence-corrected chi connectivity index (χ0v) is 20.8. The first-order valence-corrected chi connectivity index (χ1v) is 12.0. The second kappa shape index (κ2) is 10.7. The Labute approximate surface area is 207 Å². The lowest BCUT2D eigenvalue weighted by Crippen LogP contribution is -2.28. The highest BCUT2D eigenvalue weighted by molar-refractivity contribution is 8.00. The molecule has 4 aromatic rings. The first-order valence-electron chi connectivity index (χ1n) is 11.2. The number of carbonyl (C=O) groups excluding carboxylic acids is 1. The maximum atomic E-state index is 13.6. The zero-order chi connectivity index (χ0) is 24.9. The Morgan fingerprint density at radius 3 is 2.49 bits per heavy atom. The summed E-state index contributed by atoms with van der Waals surface area (Å²) in [6, 6.07) is 14.5. The molecule has 2 heterocycles. The molecule has 1 atom stereocenters. The van der Waals surface area contributed by atoms with Gasteiger partial charge in [0, 0.05) is 11.8 Å². The quantitative estimate of drug-likeness (QED) is 0.262. The van der Waals surface area contributed by atoms with E-state index in [0.29, 0.717) is 39.7 Å². The van der Waals surface area contributed by atoms with Gasteiger partial charge < -0.3 is 19.2 Å². The van der Waals surface area contributed by atoms with E-state index in [2.05, 4.69) is 5.32 Å². The Morgan fingerprint density at radius 2 is 1.86 bits per heavy atom. The predicted octanol–water partition coefficient (Wildman–Crippen LogP) is 4.87. The number of nitrogens with one attached hydrogen (secondary N) is 1. The van der Waals surface area contributed by atoms with E-state index in [1.807, 2.05) is 38.1 Å². The van der Waals surface area contributed by atoms with Crippen LogP contribution < -0.4 is 20.3 Å². The first kappa shape index (κ1) is 24.4. The number of nitrogens with zero attached hydrogens (tertiary/aromatic N) is 2. The van der Waals surface area contributed by atoms with Crippen molar-refractivity contribution in [3.8, 4) is 11.5 Å². The predicted molar refractivity (Wildman–Crippen MR) is 137 cm³/mol. The third-order valence-electron chi connectivity index (χ3n) is 5.55. The summed E-state index contributed by atoms with van der Waals surface area (Å²) in [6.07, 6.45) is 2.10. The van der Waals surface area contributed by atoms with Crippen molar-refractivity contribution in [2.45, 2.75) is 37.2 Å². The van der Waals surface area contributed by atoms with Crippen LogP contribution in [0.15, 0.2) is 69.2 Å². The smallest absolute Gasteiger partial charge is 0.262 e. The minimum Gasteiger partial charge on any atom is -0.493 e.